The van der Waals surface area contributed by atoms with Crippen molar-refractivity contribution < 1.29 is 23.9 Å². The van der Waals surface area contributed by atoms with E-state index in [0.29, 0.717) is 12.2 Å². The molecule has 0 atom stereocenters. The van der Waals surface area contributed by atoms with Crippen molar-refractivity contribution in [1.29, 1.82) is 0 Å². The van der Waals surface area contributed by atoms with Gasteiger partial charge in [0.15, 0.2) is 5.57 Å². The minimum atomic E-state index is -1.26. The van der Waals surface area contributed by atoms with Gasteiger partial charge in [-0.2, -0.15) is 0 Å². The van der Waals surface area contributed by atoms with E-state index in [1.807, 2.05) is 12.1 Å². The number of cyclic esters (lactones) is 2. The van der Waals surface area contributed by atoms with Crippen LogP contribution in [0, 0.1) is 0 Å². The van der Waals surface area contributed by atoms with E-state index < -0.39 is 17.7 Å². The van der Waals surface area contributed by atoms with Gasteiger partial charge in [0.05, 0.1) is 5.69 Å². The smallest absolute Gasteiger partial charge is 0.350 e. The van der Waals surface area contributed by atoms with Gasteiger partial charge < -0.3 is 19.7 Å². The fourth-order valence-electron chi connectivity index (χ4n) is 2.75. The molecule has 1 aromatic carbocycles. The third-order valence-electron chi connectivity index (χ3n) is 3.96. The van der Waals surface area contributed by atoms with Gasteiger partial charge in [0, 0.05) is 46.4 Å². The zero-order valence-electron chi connectivity index (χ0n) is 14.5. The molecule has 2 amide bonds. The Labute approximate surface area is 145 Å². The molecule has 25 heavy (non-hydrogen) atoms. The molecule has 2 aliphatic heterocycles. The molecule has 0 unspecified atom stereocenters. The van der Waals surface area contributed by atoms with E-state index in [9.17, 15) is 14.4 Å². The summed E-state index contributed by atoms with van der Waals surface area (Å²) < 4.78 is 10.1. The molecule has 8 heteroatoms. The first-order chi connectivity index (χ1) is 11.7. The number of anilines is 2. The van der Waals surface area contributed by atoms with Crippen LogP contribution < -0.4 is 10.2 Å². The van der Waals surface area contributed by atoms with Crippen molar-refractivity contribution in [2.75, 3.05) is 24.3 Å². The van der Waals surface area contributed by atoms with E-state index in [0.717, 1.165) is 11.3 Å². The van der Waals surface area contributed by atoms with Gasteiger partial charge >= 0.3 is 18.0 Å². The summed E-state index contributed by atoms with van der Waals surface area (Å²) in [6.45, 7) is 3.46. The van der Waals surface area contributed by atoms with Gasteiger partial charge in [-0.25, -0.2) is 14.4 Å². The Balaban J connectivity index is 1.81. The van der Waals surface area contributed by atoms with Gasteiger partial charge in [0.1, 0.15) is 0 Å². The summed E-state index contributed by atoms with van der Waals surface area (Å²) in [5.74, 6) is -2.74. The highest BCUT2D eigenvalue weighted by molar-refractivity contribution is 6.15. The average Bonchev–Trinajstić information content (AvgIpc) is 2.50. The van der Waals surface area contributed by atoms with E-state index in [4.69, 9.17) is 9.47 Å². The maximum Gasteiger partial charge on any atom is 0.350 e. The minimum Gasteiger partial charge on any atom is -0.419 e. The predicted molar refractivity (Wildman–Crippen MR) is 89.7 cm³/mol. The van der Waals surface area contributed by atoms with Crippen LogP contribution in [0.1, 0.15) is 19.4 Å². The third kappa shape index (κ3) is 3.15. The number of rotatable bonds is 2. The number of carbonyl (C=O) groups is 3. The van der Waals surface area contributed by atoms with Crippen molar-refractivity contribution in [3.63, 3.8) is 0 Å². The van der Waals surface area contributed by atoms with E-state index in [1.165, 1.54) is 20.0 Å². The Morgan fingerprint density at radius 3 is 2.40 bits per heavy atom. The molecule has 0 aromatic heterocycles. The Morgan fingerprint density at radius 1 is 1.12 bits per heavy atom. The zero-order chi connectivity index (χ0) is 18.4. The second-order valence-corrected chi connectivity index (χ2v) is 6.42. The van der Waals surface area contributed by atoms with E-state index >= 15 is 0 Å². The second-order valence-electron chi connectivity index (χ2n) is 6.42. The van der Waals surface area contributed by atoms with Gasteiger partial charge in [0.25, 0.3) is 5.79 Å². The summed E-state index contributed by atoms with van der Waals surface area (Å²) >= 11 is 0. The molecule has 0 radical (unpaired) electrons. The van der Waals surface area contributed by atoms with Crippen LogP contribution in [0.25, 0.3) is 0 Å². The Kier molecular flexibility index (Phi) is 3.90. The lowest BCUT2D eigenvalue weighted by atomic mass is 10.1. The maximum atomic E-state index is 12.0. The van der Waals surface area contributed by atoms with Gasteiger partial charge in [-0.05, 0) is 23.8 Å². The van der Waals surface area contributed by atoms with Crippen LogP contribution in [-0.2, 0) is 25.6 Å². The molecule has 3 rings (SSSR count). The summed E-state index contributed by atoms with van der Waals surface area (Å²) in [5.41, 5.74) is 2.23. The molecule has 1 aromatic rings. The maximum absolute atomic E-state index is 12.0. The molecule has 8 nitrogen and oxygen atoms in total. The summed E-state index contributed by atoms with van der Waals surface area (Å²) in [6.07, 6.45) is 1.27. The SMILES string of the molecule is CN1Cc2cc(NC=C3C(=O)OC(C)(C)OC3=O)ccc2N(C)C1=O. The minimum absolute atomic E-state index is 0.0781. The number of hydrogen-bond donors (Lipinski definition) is 1. The number of esters is 2. The lowest BCUT2D eigenvalue weighted by Gasteiger charge is -2.33. The third-order valence-corrected chi connectivity index (χ3v) is 3.96. The number of benzene rings is 1. The highest BCUT2D eigenvalue weighted by Gasteiger charge is 2.39. The number of hydrogen-bond acceptors (Lipinski definition) is 6. The Morgan fingerprint density at radius 2 is 1.76 bits per heavy atom. The van der Waals surface area contributed by atoms with Crippen LogP contribution in [0.4, 0.5) is 16.2 Å². The molecule has 0 aliphatic carbocycles. The molecule has 2 heterocycles. The van der Waals surface area contributed by atoms with Gasteiger partial charge in [0.2, 0.25) is 0 Å². The Hall–Kier alpha value is -3.03. The van der Waals surface area contributed by atoms with Crippen molar-refractivity contribution in [2.24, 2.45) is 0 Å². The first-order valence-corrected chi connectivity index (χ1v) is 7.73. The largest absolute Gasteiger partial charge is 0.419 e. The van der Waals surface area contributed by atoms with Crippen LogP contribution in [0.2, 0.25) is 0 Å². The average molecular weight is 345 g/mol. The predicted octanol–water partition coefficient (Wildman–Crippen LogP) is 1.82. The number of ether oxygens (including phenoxy) is 2. The van der Waals surface area contributed by atoms with Gasteiger partial charge in [-0.1, -0.05) is 0 Å². The van der Waals surface area contributed by atoms with Crippen LogP contribution in [0.5, 0.6) is 0 Å². The van der Waals surface area contributed by atoms with Crippen molar-refractivity contribution in [3.05, 3.63) is 35.5 Å². The highest BCUT2D eigenvalue weighted by Crippen LogP contribution is 2.29. The second kappa shape index (κ2) is 5.80. The number of amides is 2. The van der Waals surface area contributed by atoms with Crippen LogP contribution >= 0.6 is 0 Å². The van der Waals surface area contributed by atoms with Crippen molar-refractivity contribution in [3.8, 4) is 0 Å². The molecule has 2 aliphatic rings. The van der Waals surface area contributed by atoms with E-state index in [-0.39, 0.29) is 11.6 Å². The molecular weight excluding hydrogens is 326 g/mol. The van der Waals surface area contributed by atoms with Crippen molar-refractivity contribution in [1.82, 2.24) is 4.90 Å². The standard InChI is InChI=1S/C17H19N3O5/c1-17(2)24-14(21)12(15(22)25-17)8-18-11-5-6-13-10(7-11)9-19(3)16(23)20(13)4/h5-8,18H,9H2,1-4H3. The lowest BCUT2D eigenvalue weighted by molar-refractivity contribution is -0.222. The van der Waals surface area contributed by atoms with Crippen LogP contribution in [-0.4, -0.2) is 42.8 Å². The summed E-state index contributed by atoms with van der Waals surface area (Å²) in [4.78, 5) is 39.0. The van der Waals surface area contributed by atoms with Crippen LogP contribution in [0.3, 0.4) is 0 Å². The topological polar surface area (TPSA) is 88.2 Å². The molecule has 1 N–H and O–H groups in total. The fraction of sp³-hybridized carbons (Fsp3) is 0.353. The van der Waals surface area contributed by atoms with Crippen molar-refractivity contribution in [2.45, 2.75) is 26.2 Å². The number of nitrogens with zero attached hydrogens (tertiary/aromatic N) is 2. The molecular formula is C17H19N3O5. The van der Waals surface area contributed by atoms with Gasteiger partial charge in [-0.15, -0.1) is 0 Å². The monoisotopic (exact) mass is 345 g/mol. The van der Waals surface area contributed by atoms with E-state index in [1.54, 1.807) is 30.0 Å². The first kappa shape index (κ1) is 16.8. The van der Waals surface area contributed by atoms with Crippen molar-refractivity contribution >= 4 is 29.3 Å². The molecule has 1 fully saturated rings. The Bertz CT molecular complexity index is 777. The molecule has 1 saturated heterocycles. The zero-order valence-corrected chi connectivity index (χ0v) is 14.5. The van der Waals surface area contributed by atoms with Gasteiger partial charge in [-0.3, -0.25) is 4.90 Å². The lowest BCUT2D eigenvalue weighted by Crippen LogP contribution is -2.42. The fourth-order valence-corrected chi connectivity index (χ4v) is 2.75. The molecule has 0 saturated carbocycles. The molecule has 0 bridgehead atoms. The summed E-state index contributed by atoms with van der Waals surface area (Å²) in [6, 6.07) is 5.34. The highest BCUT2D eigenvalue weighted by atomic mass is 16.7. The number of fused-ring (bicyclic) bond motifs is 1. The summed E-state index contributed by atoms with van der Waals surface area (Å²) in [5, 5.41) is 2.91. The number of carbonyl (C=O) groups excluding carboxylic acids is 3. The molecule has 132 valence electrons. The normalized spacial score (nSPS) is 19.2. The first-order valence-electron chi connectivity index (χ1n) is 7.73. The number of urea groups is 1. The quantitative estimate of drug-likeness (QED) is 0.500. The number of nitrogens with one attached hydrogen (secondary N) is 1. The molecule has 0 spiro atoms. The van der Waals surface area contributed by atoms with E-state index in [2.05, 4.69) is 5.32 Å². The van der Waals surface area contributed by atoms with Crippen LogP contribution in [0.15, 0.2) is 30.0 Å². The summed E-state index contributed by atoms with van der Waals surface area (Å²) in [7, 11) is 3.43.